The second kappa shape index (κ2) is 12.6. The van der Waals surface area contributed by atoms with Crippen molar-refractivity contribution < 1.29 is 4.74 Å². The van der Waals surface area contributed by atoms with Gasteiger partial charge in [-0.2, -0.15) is 0 Å². The van der Waals surface area contributed by atoms with Crippen LogP contribution < -0.4 is 10.6 Å². The van der Waals surface area contributed by atoms with Crippen LogP contribution in [-0.2, 0) is 17.8 Å². The summed E-state index contributed by atoms with van der Waals surface area (Å²) in [6.07, 6.45) is 4.76. The third kappa shape index (κ3) is 8.82. The Hall–Kier alpha value is -1.68. The maximum Gasteiger partial charge on any atom is 0.0577 e. The van der Waals surface area contributed by atoms with E-state index in [1.54, 1.807) is 0 Å². The van der Waals surface area contributed by atoms with Crippen LogP contribution in [-0.4, -0.2) is 19.4 Å². The highest BCUT2D eigenvalue weighted by atomic mass is 16.5. The molecule has 136 valence electrons. The van der Waals surface area contributed by atoms with Crippen molar-refractivity contribution in [3.63, 3.8) is 0 Å². The average Bonchev–Trinajstić information content (AvgIpc) is 2.67. The molecule has 2 aromatic carbocycles. The average molecular weight is 341 g/mol. The van der Waals surface area contributed by atoms with E-state index in [1.165, 1.54) is 17.5 Å². The molecule has 3 heteroatoms. The Balaban J connectivity index is 1.75. The Morgan fingerprint density at radius 2 is 1.28 bits per heavy atom. The van der Waals surface area contributed by atoms with E-state index in [9.17, 15) is 0 Å². The molecule has 3 nitrogen and oxygen atoms in total. The minimum Gasteiger partial charge on any atom is -0.381 e. The van der Waals surface area contributed by atoms with Gasteiger partial charge in [0.05, 0.1) is 6.17 Å². The normalized spacial score (nSPS) is 11.1. The van der Waals surface area contributed by atoms with Crippen LogP contribution in [0.2, 0.25) is 0 Å². The van der Waals surface area contributed by atoms with Crippen molar-refractivity contribution in [2.75, 3.05) is 13.2 Å². The summed E-state index contributed by atoms with van der Waals surface area (Å²) in [5, 5.41) is 7.28. The lowest BCUT2D eigenvalue weighted by atomic mass is 10.2. The van der Waals surface area contributed by atoms with E-state index in [2.05, 4.69) is 78.2 Å². The van der Waals surface area contributed by atoms with E-state index in [0.717, 1.165) is 45.6 Å². The van der Waals surface area contributed by atoms with Crippen molar-refractivity contribution in [1.29, 1.82) is 0 Å². The first-order valence-electron chi connectivity index (χ1n) is 9.51. The molecule has 0 radical (unpaired) electrons. The van der Waals surface area contributed by atoms with Gasteiger partial charge in [-0.25, -0.2) is 0 Å². The summed E-state index contributed by atoms with van der Waals surface area (Å²) < 4.78 is 5.69. The van der Waals surface area contributed by atoms with Crippen LogP contribution in [0, 0.1) is 0 Å². The van der Waals surface area contributed by atoms with Crippen LogP contribution in [0.15, 0.2) is 60.7 Å². The Morgan fingerprint density at radius 3 is 1.80 bits per heavy atom. The highest BCUT2D eigenvalue weighted by molar-refractivity contribution is 5.15. The largest absolute Gasteiger partial charge is 0.381 e. The lowest BCUT2D eigenvalue weighted by Crippen LogP contribution is -2.41. The summed E-state index contributed by atoms with van der Waals surface area (Å²) in [6.45, 7) is 5.68. The maximum absolute atomic E-state index is 5.69. The van der Waals surface area contributed by atoms with Gasteiger partial charge in [0, 0.05) is 26.3 Å². The molecule has 0 heterocycles. The molecule has 0 unspecified atom stereocenters. The van der Waals surface area contributed by atoms with E-state index in [1.807, 2.05) is 0 Å². The van der Waals surface area contributed by atoms with Crippen molar-refractivity contribution in [1.82, 2.24) is 10.6 Å². The third-order valence-corrected chi connectivity index (χ3v) is 4.21. The van der Waals surface area contributed by atoms with Crippen molar-refractivity contribution in [2.24, 2.45) is 0 Å². The number of rotatable bonds is 13. The van der Waals surface area contributed by atoms with Crippen LogP contribution in [0.5, 0.6) is 0 Å². The minimum absolute atomic E-state index is 0.287. The molecule has 2 rings (SSSR count). The summed E-state index contributed by atoms with van der Waals surface area (Å²) in [6, 6.07) is 21.1. The first-order chi connectivity index (χ1) is 12.4. The molecule has 0 saturated carbocycles. The van der Waals surface area contributed by atoms with Crippen molar-refractivity contribution in [3.8, 4) is 0 Å². The summed E-state index contributed by atoms with van der Waals surface area (Å²) in [5.74, 6) is 0. The zero-order valence-corrected chi connectivity index (χ0v) is 15.4. The van der Waals surface area contributed by atoms with Gasteiger partial charge in [0.15, 0.2) is 0 Å². The van der Waals surface area contributed by atoms with Crippen LogP contribution in [0.3, 0.4) is 0 Å². The van der Waals surface area contributed by atoms with Crippen molar-refractivity contribution >= 4 is 0 Å². The standard InChI is InChI=1S/C22H32N2O/c1-2-3-16-25-17-10-15-22(23-18-20-11-6-4-7-12-20)24-19-21-13-8-5-9-14-21/h4-9,11-14,22-24H,2-3,10,15-19H2,1H3. The first kappa shape index (κ1) is 19.6. The summed E-state index contributed by atoms with van der Waals surface area (Å²) >= 11 is 0. The Labute approximate surface area is 152 Å². The summed E-state index contributed by atoms with van der Waals surface area (Å²) in [5.41, 5.74) is 2.63. The van der Waals surface area contributed by atoms with E-state index in [4.69, 9.17) is 4.74 Å². The number of unbranched alkanes of at least 4 members (excludes halogenated alkanes) is 1. The molecule has 0 aromatic heterocycles. The second-order valence-electron chi connectivity index (χ2n) is 6.39. The van der Waals surface area contributed by atoms with Crippen LogP contribution in [0.4, 0.5) is 0 Å². The van der Waals surface area contributed by atoms with Gasteiger partial charge >= 0.3 is 0 Å². The van der Waals surface area contributed by atoms with Crippen LogP contribution in [0.25, 0.3) is 0 Å². The predicted molar refractivity (Wildman–Crippen MR) is 105 cm³/mol. The first-order valence-corrected chi connectivity index (χ1v) is 9.51. The number of nitrogens with one attached hydrogen (secondary N) is 2. The van der Waals surface area contributed by atoms with E-state index in [-0.39, 0.29) is 6.17 Å². The summed E-state index contributed by atoms with van der Waals surface area (Å²) in [7, 11) is 0. The highest BCUT2D eigenvalue weighted by Crippen LogP contribution is 2.04. The molecule has 0 saturated heterocycles. The van der Waals surface area contributed by atoms with Crippen LogP contribution >= 0.6 is 0 Å². The molecule has 0 aliphatic rings. The van der Waals surface area contributed by atoms with E-state index < -0.39 is 0 Å². The number of ether oxygens (including phenoxy) is 1. The fourth-order valence-corrected chi connectivity index (χ4v) is 2.69. The lowest BCUT2D eigenvalue weighted by molar-refractivity contribution is 0.124. The van der Waals surface area contributed by atoms with Gasteiger partial charge in [-0.15, -0.1) is 0 Å². The van der Waals surface area contributed by atoms with Gasteiger partial charge in [-0.1, -0.05) is 74.0 Å². The second-order valence-corrected chi connectivity index (χ2v) is 6.39. The molecule has 0 aliphatic heterocycles. The lowest BCUT2D eigenvalue weighted by Gasteiger charge is -2.21. The molecule has 25 heavy (non-hydrogen) atoms. The monoisotopic (exact) mass is 340 g/mol. The molecule has 2 N–H and O–H groups in total. The molecule has 0 fully saturated rings. The maximum atomic E-state index is 5.69. The van der Waals surface area contributed by atoms with Gasteiger partial charge in [0.25, 0.3) is 0 Å². The summed E-state index contributed by atoms with van der Waals surface area (Å²) in [4.78, 5) is 0. The SMILES string of the molecule is CCCCOCCCC(NCc1ccccc1)NCc1ccccc1. The molecular weight excluding hydrogens is 308 g/mol. The fraction of sp³-hybridized carbons (Fsp3) is 0.455. The van der Waals surface area contributed by atoms with Gasteiger partial charge in [0.1, 0.15) is 0 Å². The molecule has 0 amide bonds. The van der Waals surface area contributed by atoms with E-state index >= 15 is 0 Å². The minimum atomic E-state index is 0.287. The number of hydrogen-bond acceptors (Lipinski definition) is 3. The van der Waals surface area contributed by atoms with Crippen molar-refractivity contribution in [2.45, 2.75) is 51.9 Å². The van der Waals surface area contributed by atoms with Gasteiger partial charge in [0.2, 0.25) is 0 Å². The van der Waals surface area contributed by atoms with Gasteiger partial charge < -0.3 is 4.74 Å². The quantitative estimate of drug-likeness (QED) is 0.416. The Kier molecular flexibility index (Phi) is 9.94. The zero-order chi connectivity index (χ0) is 17.6. The molecule has 0 bridgehead atoms. The molecule has 0 atom stereocenters. The van der Waals surface area contributed by atoms with E-state index in [0.29, 0.717) is 0 Å². The molecule has 0 spiro atoms. The Bertz CT molecular complexity index is 501. The fourth-order valence-electron chi connectivity index (χ4n) is 2.69. The predicted octanol–water partition coefficient (Wildman–Crippen LogP) is 4.49. The molecule has 0 aliphatic carbocycles. The smallest absolute Gasteiger partial charge is 0.0577 e. The molecule has 2 aromatic rings. The molecular formula is C22H32N2O. The van der Waals surface area contributed by atoms with Gasteiger partial charge in [-0.05, 0) is 30.4 Å². The zero-order valence-electron chi connectivity index (χ0n) is 15.4. The highest BCUT2D eigenvalue weighted by Gasteiger charge is 2.07. The Morgan fingerprint density at radius 1 is 0.760 bits per heavy atom. The number of benzene rings is 2. The topological polar surface area (TPSA) is 33.3 Å². The number of hydrogen-bond donors (Lipinski definition) is 2. The van der Waals surface area contributed by atoms with Gasteiger partial charge in [-0.3, -0.25) is 10.6 Å². The third-order valence-electron chi connectivity index (χ3n) is 4.21. The van der Waals surface area contributed by atoms with Crippen LogP contribution in [0.1, 0.15) is 43.7 Å². The van der Waals surface area contributed by atoms with Crippen molar-refractivity contribution in [3.05, 3.63) is 71.8 Å².